The van der Waals surface area contributed by atoms with E-state index in [1.807, 2.05) is 13.8 Å². The van der Waals surface area contributed by atoms with Crippen molar-refractivity contribution < 1.29 is 19.1 Å². The van der Waals surface area contributed by atoms with Gasteiger partial charge in [0.2, 0.25) is 17.7 Å². The highest BCUT2D eigenvalue weighted by Crippen LogP contribution is 2.16. The Hall–Kier alpha value is -2.61. The van der Waals surface area contributed by atoms with E-state index in [2.05, 4.69) is 16.0 Å². The molecule has 1 rings (SSSR count). The Kier molecular flexibility index (Phi) is 8.42. The molecule has 0 aliphatic carbocycles. The second kappa shape index (κ2) is 10.3. The lowest BCUT2D eigenvalue weighted by Crippen LogP contribution is -2.44. The molecule has 3 N–H and O–H groups in total. The van der Waals surface area contributed by atoms with Gasteiger partial charge in [0.25, 0.3) is 0 Å². The molecule has 8 nitrogen and oxygen atoms in total. The second-order valence-corrected chi connectivity index (χ2v) is 5.95. The molecule has 8 heteroatoms. The van der Waals surface area contributed by atoms with Crippen LogP contribution in [0.1, 0.15) is 13.8 Å². The summed E-state index contributed by atoms with van der Waals surface area (Å²) in [5.74, 6) is -0.177. The molecule has 0 aromatic heterocycles. The minimum absolute atomic E-state index is 0.0144. The summed E-state index contributed by atoms with van der Waals surface area (Å²) in [4.78, 5) is 36.8. The lowest BCUT2D eigenvalue weighted by Gasteiger charge is -2.16. The van der Waals surface area contributed by atoms with Gasteiger partial charge >= 0.3 is 0 Å². The first kappa shape index (κ1) is 20.4. The van der Waals surface area contributed by atoms with Crippen LogP contribution in [0.3, 0.4) is 0 Å². The number of anilines is 1. The highest BCUT2D eigenvalue weighted by molar-refractivity contribution is 5.93. The van der Waals surface area contributed by atoms with Crippen LogP contribution in [-0.4, -0.2) is 62.5 Å². The van der Waals surface area contributed by atoms with Crippen LogP contribution in [-0.2, 0) is 14.4 Å². The maximum absolute atomic E-state index is 12.0. The molecule has 1 aromatic carbocycles. The second-order valence-electron chi connectivity index (χ2n) is 5.95. The zero-order valence-electron chi connectivity index (χ0n) is 15.1. The van der Waals surface area contributed by atoms with Crippen molar-refractivity contribution in [1.82, 2.24) is 15.5 Å². The molecule has 25 heavy (non-hydrogen) atoms. The number of hydrogen-bond acceptors (Lipinski definition) is 5. The fourth-order valence-electron chi connectivity index (χ4n) is 2.06. The van der Waals surface area contributed by atoms with Crippen LogP contribution in [0.5, 0.6) is 5.75 Å². The molecule has 0 atom stereocenters. The van der Waals surface area contributed by atoms with Crippen LogP contribution in [0.2, 0.25) is 0 Å². The third-order valence-corrected chi connectivity index (χ3v) is 3.08. The van der Waals surface area contributed by atoms with E-state index in [4.69, 9.17) is 4.74 Å². The van der Waals surface area contributed by atoms with Crippen molar-refractivity contribution in [2.45, 2.75) is 19.9 Å². The maximum atomic E-state index is 12.0. The third-order valence-electron chi connectivity index (χ3n) is 3.08. The normalized spacial score (nSPS) is 10.5. The number of carbonyl (C=O) groups is 3. The summed E-state index contributed by atoms with van der Waals surface area (Å²) in [5, 5.41) is 7.93. The van der Waals surface area contributed by atoms with Crippen LogP contribution in [0.25, 0.3) is 0 Å². The molecule has 0 aliphatic heterocycles. The molecule has 3 amide bonds. The number of rotatable bonds is 9. The Morgan fingerprint density at radius 3 is 2.44 bits per heavy atom. The number of nitrogens with zero attached hydrogens (tertiary/aromatic N) is 1. The molecule has 1 aromatic rings. The van der Waals surface area contributed by atoms with E-state index in [0.717, 1.165) is 0 Å². The van der Waals surface area contributed by atoms with Crippen LogP contribution in [0.15, 0.2) is 24.3 Å². The highest BCUT2D eigenvalue weighted by atomic mass is 16.5. The molecule has 138 valence electrons. The topological polar surface area (TPSA) is 99.8 Å². The monoisotopic (exact) mass is 350 g/mol. The standard InChI is InChI=1S/C17H26N4O4/c1-12(2)19-15(22)9-18-16(23)10-21(3)11-17(24)20-13-6-5-7-14(8-13)25-4/h5-8,12H,9-11H2,1-4H3,(H,18,23)(H,19,22)(H,20,24). The first-order valence-electron chi connectivity index (χ1n) is 7.98. The summed E-state index contributed by atoms with van der Waals surface area (Å²) in [5.41, 5.74) is 0.618. The van der Waals surface area contributed by atoms with Crippen LogP contribution in [0, 0.1) is 0 Å². The first-order valence-corrected chi connectivity index (χ1v) is 7.98. The summed E-state index contributed by atoms with van der Waals surface area (Å²) in [6.07, 6.45) is 0. The summed E-state index contributed by atoms with van der Waals surface area (Å²) in [6, 6.07) is 7.03. The number of hydrogen-bond donors (Lipinski definition) is 3. The van der Waals surface area contributed by atoms with Crippen molar-refractivity contribution in [2.75, 3.05) is 39.1 Å². The van der Waals surface area contributed by atoms with Gasteiger partial charge in [-0.15, -0.1) is 0 Å². The van der Waals surface area contributed by atoms with Crippen molar-refractivity contribution in [3.8, 4) is 5.75 Å². The molecule has 0 bridgehead atoms. The van der Waals surface area contributed by atoms with Crippen molar-refractivity contribution in [2.24, 2.45) is 0 Å². The quantitative estimate of drug-likeness (QED) is 0.591. The SMILES string of the molecule is COc1cccc(NC(=O)CN(C)CC(=O)NCC(=O)NC(C)C)c1. The molecule has 0 unspecified atom stereocenters. The number of nitrogens with one attached hydrogen (secondary N) is 3. The van der Waals surface area contributed by atoms with Crippen molar-refractivity contribution in [3.05, 3.63) is 24.3 Å². The maximum Gasteiger partial charge on any atom is 0.239 e. The molecule has 0 saturated heterocycles. The van der Waals surface area contributed by atoms with Gasteiger partial charge < -0.3 is 20.7 Å². The van der Waals surface area contributed by atoms with Gasteiger partial charge in [-0.05, 0) is 33.0 Å². The van der Waals surface area contributed by atoms with Gasteiger partial charge in [-0.3, -0.25) is 19.3 Å². The molecule has 0 radical (unpaired) electrons. The zero-order valence-corrected chi connectivity index (χ0v) is 15.1. The fraction of sp³-hybridized carbons (Fsp3) is 0.471. The van der Waals surface area contributed by atoms with Crippen LogP contribution >= 0.6 is 0 Å². The fourth-order valence-corrected chi connectivity index (χ4v) is 2.06. The van der Waals surface area contributed by atoms with Gasteiger partial charge in [0.15, 0.2) is 0 Å². The molecular weight excluding hydrogens is 324 g/mol. The Bertz CT molecular complexity index is 604. The Morgan fingerprint density at radius 2 is 1.80 bits per heavy atom. The molecular formula is C17H26N4O4. The molecule has 0 aliphatic rings. The van der Waals surface area contributed by atoms with Gasteiger partial charge in [0.05, 0.1) is 26.7 Å². The van der Waals surface area contributed by atoms with Gasteiger partial charge in [-0.2, -0.15) is 0 Å². The van der Waals surface area contributed by atoms with Gasteiger partial charge in [-0.1, -0.05) is 6.07 Å². The van der Waals surface area contributed by atoms with E-state index in [1.165, 1.54) is 0 Å². The first-order chi connectivity index (χ1) is 11.8. The average Bonchev–Trinajstić information content (AvgIpc) is 2.52. The minimum atomic E-state index is -0.324. The highest BCUT2D eigenvalue weighted by Gasteiger charge is 2.12. The van der Waals surface area contributed by atoms with E-state index in [1.54, 1.807) is 43.3 Å². The zero-order chi connectivity index (χ0) is 18.8. The van der Waals surface area contributed by atoms with E-state index in [9.17, 15) is 14.4 Å². The van der Waals surface area contributed by atoms with Gasteiger partial charge in [0, 0.05) is 17.8 Å². The number of likely N-dealkylation sites (N-methyl/N-ethyl adjacent to an activating group) is 1. The lowest BCUT2D eigenvalue weighted by atomic mass is 10.3. The van der Waals surface area contributed by atoms with Crippen molar-refractivity contribution in [3.63, 3.8) is 0 Å². The molecule has 0 fully saturated rings. The number of methoxy groups -OCH3 is 1. The Balaban J connectivity index is 2.34. The summed E-state index contributed by atoms with van der Waals surface area (Å²) in [7, 11) is 3.20. The smallest absolute Gasteiger partial charge is 0.239 e. The Labute approximate surface area is 147 Å². The van der Waals surface area contributed by atoms with E-state index < -0.39 is 0 Å². The van der Waals surface area contributed by atoms with E-state index >= 15 is 0 Å². The number of benzene rings is 1. The van der Waals surface area contributed by atoms with E-state index in [0.29, 0.717) is 11.4 Å². The van der Waals surface area contributed by atoms with E-state index in [-0.39, 0.29) is 43.4 Å². The van der Waals surface area contributed by atoms with Gasteiger partial charge in [0.1, 0.15) is 5.75 Å². The predicted octanol–water partition coefficient (Wildman–Crippen LogP) is 0.206. The predicted molar refractivity (Wildman–Crippen MR) is 95.4 cm³/mol. The number of ether oxygens (including phenoxy) is 1. The molecule has 0 spiro atoms. The van der Waals surface area contributed by atoms with Crippen molar-refractivity contribution in [1.29, 1.82) is 0 Å². The van der Waals surface area contributed by atoms with Crippen LogP contribution in [0.4, 0.5) is 5.69 Å². The summed E-state index contributed by atoms with van der Waals surface area (Å²) in [6.45, 7) is 3.66. The van der Waals surface area contributed by atoms with Crippen molar-refractivity contribution >= 4 is 23.4 Å². The third kappa shape index (κ3) is 8.71. The number of amides is 3. The Morgan fingerprint density at radius 1 is 1.12 bits per heavy atom. The minimum Gasteiger partial charge on any atom is -0.497 e. The number of carbonyl (C=O) groups excluding carboxylic acids is 3. The lowest BCUT2D eigenvalue weighted by molar-refractivity contribution is -0.127. The summed E-state index contributed by atoms with van der Waals surface area (Å²) >= 11 is 0. The molecule has 0 saturated carbocycles. The summed E-state index contributed by atoms with van der Waals surface area (Å²) < 4.78 is 5.09. The largest absolute Gasteiger partial charge is 0.497 e. The molecule has 0 heterocycles. The van der Waals surface area contributed by atoms with Gasteiger partial charge in [-0.25, -0.2) is 0 Å². The van der Waals surface area contributed by atoms with Crippen LogP contribution < -0.4 is 20.7 Å². The average molecular weight is 350 g/mol.